The Morgan fingerprint density at radius 2 is 1.86 bits per heavy atom. The van der Waals surface area contributed by atoms with E-state index in [0.717, 1.165) is 11.4 Å². The van der Waals surface area contributed by atoms with Crippen LogP contribution in [0.2, 0.25) is 0 Å². The number of aromatic nitrogens is 3. The SMILES string of the molecule is CC(C)c1nc(NCc2ccc(NC(=O)c3ccco3)cc2)nc(N(C)C)n1. The summed E-state index contributed by atoms with van der Waals surface area (Å²) >= 11 is 0. The first kappa shape index (κ1) is 19.3. The number of furan rings is 1. The molecule has 1 amide bonds. The molecule has 0 aliphatic carbocycles. The molecule has 0 saturated heterocycles. The van der Waals surface area contributed by atoms with Crippen molar-refractivity contribution in [3.05, 3.63) is 59.8 Å². The molecule has 3 rings (SSSR count). The van der Waals surface area contributed by atoms with E-state index in [-0.39, 0.29) is 17.6 Å². The lowest BCUT2D eigenvalue weighted by Gasteiger charge is -2.15. The van der Waals surface area contributed by atoms with Crippen molar-refractivity contribution in [1.29, 1.82) is 0 Å². The number of carbonyl (C=O) groups is 1. The zero-order chi connectivity index (χ0) is 20.1. The fourth-order valence-electron chi connectivity index (χ4n) is 2.41. The molecule has 0 saturated carbocycles. The van der Waals surface area contributed by atoms with E-state index in [1.165, 1.54) is 6.26 Å². The highest BCUT2D eigenvalue weighted by molar-refractivity contribution is 6.02. The summed E-state index contributed by atoms with van der Waals surface area (Å²) < 4.78 is 5.09. The molecular weight excluding hydrogens is 356 g/mol. The third-order valence-corrected chi connectivity index (χ3v) is 3.96. The van der Waals surface area contributed by atoms with Gasteiger partial charge in [0.15, 0.2) is 5.76 Å². The van der Waals surface area contributed by atoms with Crippen molar-refractivity contribution in [2.24, 2.45) is 0 Å². The van der Waals surface area contributed by atoms with Crippen molar-refractivity contribution in [2.75, 3.05) is 29.6 Å². The van der Waals surface area contributed by atoms with Crippen molar-refractivity contribution >= 4 is 23.5 Å². The maximum absolute atomic E-state index is 12.0. The highest BCUT2D eigenvalue weighted by Gasteiger charge is 2.11. The average Bonchev–Trinajstić information content (AvgIpc) is 3.22. The van der Waals surface area contributed by atoms with Crippen LogP contribution < -0.4 is 15.5 Å². The van der Waals surface area contributed by atoms with Gasteiger partial charge in [-0.1, -0.05) is 26.0 Å². The van der Waals surface area contributed by atoms with Crippen molar-refractivity contribution < 1.29 is 9.21 Å². The van der Waals surface area contributed by atoms with Crippen LogP contribution in [-0.4, -0.2) is 35.0 Å². The van der Waals surface area contributed by atoms with Gasteiger partial charge in [0.05, 0.1) is 6.26 Å². The number of nitrogens with zero attached hydrogens (tertiary/aromatic N) is 4. The summed E-state index contributed by atoms with van der Waals surface area (Å²) in [5.41, 5.74) is 1.73. The number of benzene rings is 1. The van der Waals surface area contributed by atoms with Crippen LogP contribution in [0.25, 0.3) is 0 Å². The molecule has 28 heavy (non-hydrogen) atoms. The third kappa shape index (κ3) is 4.85. The second kappa shape index (κ2) is 8.51. The first-order valence-electron chi connectivity index (χ1n) is 9.03. The summed E-state index contributed by atoms with van der Waals surface area (Å²) in [7, 11) is 3.80. The van der Waals surface area contributed by atoms with Gasteiger partial charge in [-0.3, -0.25) is 4.79 Å². The zero-order valence-corrected chi connectivity index (χ0v) is 16.4. The molecule has 0 spiro atoms. The average molecular weight is 380 g/mol. The van der Waals surface area contributed by atoms with Crippen molar-refractivity contribution in [3.63, 3.8) is 0 Å². The van der Waals surface area contributed by atoms with Gasteiger partial charge in [0.25, 0.3) is 5.91 Å². The van der Waals surface area contributed by atoms with E-state index >= 15 is 0 Å². The van der Waals surface area contributed by atoms with E-state index in [1.807, 2.05) is 57.1 Å². The molecule has 146 valence electrons. The Labute approximate surface area is 164 Å². The van der Waals surface area contributed by atoms with E-state index in [1.54, 1.807) is 12.1 Å². The zero-order valence-electron chi connectivity index (χ0n) is 16.4. The Balaban J connectivity index is 1.64. The van der Waals surface area contributed by atoms with E-state index in [0.29, 0.717) is 24.1 Å². The fraction of sp³-hybridized carbons (Fsp3) is 0.300. The van der Waals surface area contributed by atoms with Gasteiger partial charge in [-0.25, -0.2) is 0 Å². The summed E-state index contributed by atoms with van der Waals surface area (Å²) in [5.74, 6) is 2.11. The number of nitrogens with one attached hydrogen (secondary N) is 2. The molecule has 0 atom stereocenters. The first-order chi connectivity index (χ1) is 13.4. The Morgan fingerprint density at radius 3 is 2.46 bits per heavy atom. The minimum Gasteiger partial charge on any atom is -0.459 e. The number of rotatable bonds is 7. The number of amides is 1. The summed E-state index contributed by atoms with van der Waals surface area (Å²) in [4.78, 5) is 27.3. The maximum atomic E-state index is 12.0. The van der Waals surface area contributed by atoms with Crippen LogP contribution in [0, 0.1) is 0 Å². The standard InChI is InChI=1S/C20H24N6O2/c1-13(2)17-23-19(25-20(24-17)26(3)4)21-12-14-7-9-15(10-8-14)22-18(27)16-6-5-11-28-16/h5-11,13H,12H2,1-4H3,(H,22,27)(H,21,23,24,25). The summed E-state index contributed by atoms with van der Waals surface area (Å²) in [6, 6.07) is 10.9. The van der Waals surface area contributed by atoms with Gasteiger partial charge in [-0.05, 0) is 29.8 Å². The topological polar surface area (TPSA) is 96.2 Å². The number of carbonyl (C=O) groups excluding carboxylic acids is 1. The van der Waals surface area contributed by atoms with Gasteiger partial charge in [0, 0.05) is 32.2 Å². The largest absolute Gasteiger partial charge is 0.459 e. The van der Waals surface area contributed by atoms with E-state index in [9.17, 15) is 4.79 Å². The highest BCUT2D eigenvalue weighted by Crippen LogP contribution is 2.16. The Morgan fingerprint density at radius 1 is 1.11 bits per heavy atom. The lowest BCUT2D eigenvalue weighted by atomic mass is 10.2. The van der Waals surface area contributed by atoms with Gasteiger partial charge < -0.3 is 20.0 Å². The van der Waals surface area contributed by atoms with E-state index < -0.39 is 0 Å². The quantitative estimate of drug-likeness (QED) is 0.647. The van der Waals surface area contributed by atoms with Crippen LogP contribution in [0.5, 0.6) is 0 Å². The minimum absolute atomic E-state index is 0.208. The molecule has 8 heteroatoms. The molecule has 2 heterocycles. The van der Waals surface area contributed by atoms with Gasteiger partial charge in [-0.15, -0.1) is 0 Å². The Bertz CT molecular complexity index is 894. The van der Waals surface area contributed by atoms with Crippen LogP contribution in [0.1, 0.15) is 41.7 Å². The number of hydrogen-bond donors (Lipinski definition) is 2. The van der Waals surface area contributed by atoms with Crippen molar-refractivity contribution in [3.8, 4) is 0 Å². The van der Waals surface area contributed by atoms with Gasteiger partial charge in [-0.2, -0.15) is 15.0 Å². The fourth-order valence-corrected chi connectivity index (χ4v) is 2.41. The predicted octanol–water partition coefficient (Wildman–Crippen LogP) is 3.52. The summed E-state index contributed by atoms with van der Waals surface area (Å²) in [5, 5.41) is 6.04. The van der Waals surface area contributed by atoms with Gasteiger partial charge in [0.2, 0.25) is 11.9 Å². The molecule has 0 radical (unpaired) electrons. The second-order valence-corrected chi connectivity index (χ2v) is 6.85. The number of anilines is 3. The second-order valence-electron chi connectivity index (χ2n) is 6.85. The molecule has 2 N–H and O–H groups in total. The van der Waals surface area contributed by atoms with Crippen LogP contribution in [0.4, 0.5) is 17.6 Å². The normalized spacial score (nSPS) is 10.8. The Kier molecular flexibility index (Phi) is 5.88. The number of hydrogen-bond acceptors (Lipinski definition) is 7. The molecule has 2 aromatic heterocycles. The van der Waals surface area contributed by atoms with E-state index in [4.69, 9.17) is 4.42 Å². The van der Waals surface area contributed by atoms with Crippen LogP contribution in [0.3, 0.4) is 0 Å². The lowest BCUT2D eigenvalue weighted by Crippen LogP contribution is -2.17. The van der Waals surface area contributed by atoms with Crippen LogP contribution in [0.15, 0.2) is 47.1 Å². The molecule has 1 aromatic carbocycles. The van der Waals surface area contributed by atoms with Crippen molar-refractivity contribution in [2.45, 2.75) is 26.3 Å². The van der Waals surface area contributed by atoms with Gasteiger partial charge >= 0.3 is 0 Å². The van der Waals surface area contributed by atoms with Crippen LogP contribution in [-0.2, 0) is 6.54 Å². The Hall–Kier alpha value is -3.42. The van der Waals surface area contributed by atoms with Gasteiger partial charge in [0.1, 0.15) is 5.82 Å². The minimum atomic E-state index is -0.279. The third-order valence-electron chi connectivity index (χ3n) is 3.96. The highest BCUT2D eigenvalue weighted by atomic mass is 16.3. The molecule has 0 fully saturated rings. The molecule has 3 aromatic rings. The predicted molar refractivity (Wildman–Crippen MR) is 109 cm³/mol. The molecule has 0 bridgehead atoms. The summed E-state index contributed by atoms with van der Waals surface area (Å²) in [6.45, 7) is 4.66. The van der Waals surface area contributed by atoms with Crippen LogP contribution >= 0.6 is 0 Å². The monoisotopic (exact) mass is 380 g/mol. The maximum Gasteiger partial charge on any atom is 0.291 e. The molecule has 0 unspecified atom stereocenters. The van der Waals surface area contributed by atoms with E-state index in [2.05, 4.69) is 25.6 Å². The molecule has 0 aliphatic heterocycles. The molecule has 8 nitrogen and oxygen atoms in total. The smallest absolute Gasteiger partial charge is 0.291 e. The lowest BCUT2D eigenvalue weighted by molar-refractivity contribution is 0.0996. The first-order valence-corrected chi connectivity index (χ1v) is 9.03. The molecule has 0 aliphatic rings. The van der Waals surface area contributed by atoms with Crippen molar-refractivity contribution in [1.82, 2.24) is 15.0 Å². The molecular formula is C20H24N6O2. The summed E-state index contributed by atoms with van der Waals surface area (Å²) in [6.07, 6.45) is 1.47.